The molecular weight excluding hydrogens is 228 g/mol. The Hall–Kier alpha value is -0.570. The predicted octanol–water partition coefficient (Wildman–Crippen LogP) is 2.69. The third-order valence-electron chi connectivity index (χ3n) is 2.70. The Labute approximate surface area is 86.7 Å². The van der Waals surface area contributed by atoms with Crippen LogP contribution in [0.1, 0.15) is 30.7 Å². The highest BCUT2D eigenvalue weighted by molar-refractivity contribution is 9.09. The van der Waals surface area contributed by atoms with Gasteiger partial charge in [-0.1, -0.05) is 15.9 Å². The van der Waals surface area contributed by atoms with Crippen LogP contribution in [0, 0.1) is 0 Å². The number of nitrogens with two attached hydrogens (primary N) is 1. The summed E-state index contributed by atoms with van der Waals surface area (Å²) < 4.78 is 0. The van der Waals surface area contributed by atoms with Gasteiger partial charge < -0.3 is 5.73 Å². The van der Waals surface area contributed by atoms with Gasteiger partial charge in [-0.2, -0.15) is 0 Å². The summed E-state index contributed by atoms with van der Waals surface area (Å²) in [5.74, 6) is 0.609. The van der Waals surface area contributed by atoms with Crippen LogP contribution in [-0.4, -0.2) is 9.81 Å². The van der Waals surface area contributed by atoms with E-state index in [-0.39, 0.29) is 0 Å². The molecule has 0 radical (unpaired) electrons. The van der Waals surface area contributed by atoms with E-state index in [0.29, 0.717) is 10.7 Å². The molecule has 2 atom stereocenters. The minimum absolute atomic E-state index is 0.609. The fourth-order valence-corrected chi connectivity index (χ4v) is 2.68. The van der Waals surface area contributed by atoms with Crippen molar-refractivity contribution in [3.63, 3.8) is 0 Å². The molecule has 0 saturated heterocycles. The van der Waals surface area contributed by atoms with Gasteiger partial charge in [0.15, 0.2) is 0 Å². The monoisotopic (exact) mass is 240 g/mol. The second-order valence-electron chi connectivity index (χ2n) is 3.61. The standard InChI is InChI=1S/C10H13BrN2/c11-8-2-1-7(5-8)9-6-13-4-3-10(9)12/h3-4,6-8H,1-2,5H2,(H2,12,13). The first-order valence-electron chi connectivity index (χ1n) is 4.61. The van der Waals surface area contributed by atoms with E-state index in [1.807, 2.05) is 12.3 Å². The van der Waals surface area contributed by atoms with Crippen molar-refractivity contribution in [3.05, 3.63) is 24.0 Å². The van der Waals surface area contributed by atoms with Crippen LogP contribution in [0.3, 0.4) is 0 Å². The fourth-order valence-electron chi connectivity index (χ4n) is 1.97. The Morgan fingerprint density at radius 3 is 2.92 bits per heavy atom. The summed E-state index contributed by atoms with van der Waals surface area (Å²) in [4.78, 5) is 4.78. The highest BCUT2D eigenvalue weighted by atomic mass is 79.9. The molecule has 0 amide bonds. The molecule has 0 aliphatic heterocycles. The lowest BCUT2D eigenvalue weighted by atomic mass is 9.98. The SMILES string of the molecule is Nc1ccncc1C1CCC(Br)C1. The van der Waals surface area contributed by atoms with E-state index in [1.165, 1.54) is 24.8 Å². The smallest absolute Gasteiger partial charge is 0.0380 e. The maximum atomic E-state index is 5.89. The highest BCUT2D eigenvalue weighted by Gasteiger charge is 2.25. The van der Waals surface area contributed by atoms with Gasteiger partial charge in [0.05, 0.1) is 0 Å². The van der Waals surface area contributed by atoms with E-state index in [0.717, 1.165) is 5.69 Å². The van der Waals surface area contributed by atoms with Gasteiger partial charge in [0.1, 0.15) is 0 Å². The Bertz CT molecular complexity index is 301. The third kappa shape index (κ3) is 1.85. The molecule has 2 unspecified atom stereocenters. The maximum absolute atomic E-state index is 5.89. The van der Waals surface area contributed by atoms with Crippen LogP contribution in [0.5, 0.6) is 0 Å². The zero-order chi connectivity index (χ0) is 9.26. The van der Waals surface area contributed by atoms with Gasteiger partial charge in [-0.25, -0.2) is 0 Å². The van der Waals surface area contributed by atoms with Crippen LogP contribution in [0.2, 0.25) is 0 Å². The Morgan fingerprint density at radius 1 is 1.46 bits per heavy atom. The van der Waals surface area contributed by atoms with Crippen molar-refractivity contribution in [1.82, 2.24) is 4.98 Å². The summed E-state index contributed by atoms with van der Waals surface area (Å²) in [7, 11) is 0. The summed E-state index contributed by atoms with van der Waals surface area (Å²) in [6.45, 7) is 0. The molecular formula is C10H13BrN2. The van der Waals surface area contributed by atoms with E-state index >= 15 is 0 Å². The third-order valence-corrected chi connectivity index (χ3v) is 3.53. The number of pyridine rings is 1. The molecule has 3 heteroatoms. The van der Waals surface area contributed by atoms with Crippen LogP contribution in [0.4, 0.5) is 5.69 Å². The molecule has 1 aromatic rings. The van der Waals surface area contributed by atoms with Crippen LogP contribution in [-0.2, 0) is 0 Å². The Balaban J connectivity index is 2.21. The van der Waals surface area contributed by atoms with Crippen LogP contribution >= 0.6 is 15.9 Å². The van der Waals surface area contributed by atoms with Crippen molar-refractivity contribution in [3.8, 4) is 0 Å². The number of aromatic nitrogens is 1. The summed E-state index contributed by atoms with van der Waals surface area (Å²) in [6, 6.07) is 1.89. The number of hydrogen-bond donors (Lipinski definition) is 1. The second-order valence-corrected chi connectivity index (χ2v) is 4.91. The second kappa shape index (κ2) is 3.66. The quantitative estimate of drug-likeness (QED) is 0.767. The number of anilines is 1. The van der Waals surface area contributed by atoms with E-state index in [1.54, 1.807) is 6.20 Å². The normalized spacial score (nSPS) is 27.8. The van der Waals surface area contributed by atoms with Gasteiger partial charge in [0.25, 0.3) is 0 Å². The highest BCUT2D eigenvalue weighted by Crippen LogP contribution is 2.39. The van der Waals surface area contributed by atoms with Crippen molar-refractivity contribution >= 4 is 21.6 Å². The van der Waals surface area contributed by atoms with E-state index < -0.39 is 0 Å². The Kier molecular flexibility index (Phi) is 2.54. The largest absolute Gasteiger partial charge is 0.398 e. The molecule has 2 rings (SSSR count). The molecule has 1 heterocycles. The van der Waals surface area contributed by atoms with Gasteiger partial charge >= 0.3 is 0 Å². The molecule has 0 spiro atoms. The topological polar surface area (TPSA) is 38.9 Å². The first-order valence-corrected chi connectivity index (χ1v) is 5.52. The zero-order valence-corrected chi connectivity index (χ0v) is 9.00. The number of nitrogens with zero attached hydrogens (tertiary/aromatic N) is 1. The lowest BCUT2D eigenvalue weighted by molar-refractivity contribution is 0.724. The maximum Gasteiger partial charge on any atom is 0.0380 e. The summed E-state index contributed by atoms with van der Waals surface area (Å²) >= 11 is 3.64. The molecule has 2 N–H and O–H groups in total. The van der Waals surface area contributed by atoms with Crippen molar-refractivity contribution < 1.29 is 0 Å². The number of nitrogen functional groups attached to an aromatic ring is 1. The summed E-state index contributed by atoms with van der Waals surface area (Å²) in [6.07, 6.45) is 7.32. The molecule has 70 valence electrons. The first-order chi connectivity index (χ1) is 6.27. The first kappa shape index (κ1) is 9.00. The molecule has 1 aromatic heterocycles. The molecule has 13 heavy (non-hydrogen) atoms. The number of rotatable bonds is 1. The van der Waals surface area contributed by atoms with Crippen LogP contribution in [0.25, 0.3) is 0 Å². The van der Waals surface area contributed by atoms with Gasteiger partial charge in [0.2, 0.25) is 0 Å². The predicted molar refractivity (Wildman–Crippen MR) is 58.0 cm³/mol. The van der Waals surface area contributed by atoms with Gasteiger partial charge in [0, 0.05) is 22.9 Å². The van der Waals surface area contributed by atoms with Gasteiger partial charge in [-0.3, -0.25) is 4.98 Å². The molecule has 1 saturated carbocycles. The minimum atomic E-state index is 0.609. The van der Waals surface area contributed by atoms with Crippen LogP contribution in [0.15, 0.2) is 18.5 Å². The molecule has 1 fully saturated rings. The molecule has 0 aromatic carbocycles. The summed E-state index contributed by atoms with van der Waals surface area (Å²) in [5, 5.41) is 0. The molecule has 1 aliphatic rings. The van der Waals surface area contributed by atoms with Crippen molar-refractivity contribution in [2.24, 2.45) is 0 Å². The number of halogens is 1. The minimum Gasteiger partial charge on any atom is -0.398 e. The van der Waals surface area contributed by atoms with Crippen molar-refractivity contribution in [2.45, 2.75) is 30.0 Å². The average Bonchev–Trinajstić information content (AvgIpc) is 2.53. The lowest BCUT2D eigenvalue weighted by Crippen LogP contribution is -2.00. The van der Waals surface area contributed by atoms with E-state index in [2.05, 4.69) is 20.9 Å². The van der Waals surface area contributed by atoms with Crippen LogP contribution < -0.4 is 5.73 Å². The molecule has 1 aliphatic carbocycles. The number of alkyl halides is 1. The van der Waals surface area contributed by atoms with Gasteiger partial charge in [-0.05, 0) is 36.8 Å². The zero-order valence-electron chi connectivity index (χ0n) is 7.41. The summed E-state index contributed by atoms with van der Waals surface area (Å²) in [5.41, 5.74) is 8.01. The average molecular weight is 241 g/mol. The molecule has 0 bridgehead atoms. The van der Waals surface area contributed by atoms with Crippen molar-refractivity contribution in [2.75, 3.05) is 5.73 Å². The fraction of sp³-hybridized carbons (Fsp3) is 0.500. The number of hydrogen-bond acceptors (Lipinski definition) is 2. The van der Waals surface area contributed by atoms with E-state index in [4.69, 9.17) is 5.73 Å². The molecule has 2 nitrogen and oxygen atoms in total. The Morgan fingerprint density at radius 2 is 2.31 bits per heavy atom. The van der Waals surface area contributed by atoms with Gasteiger partial charge in [-0.15, -0.1) is 0 Å². The lowest BCUT2D eigenvalue weighted by Gasteiger charge is -2.11. The van der Waals surface area contributed by atoms with E-state index in [9.17, 15) is 0 Å². The van der Waals surface area contributed by atoms with Crippen molar-refractivity contribution in [1.29, 1.82) is 0 Å².